The van der Waals surface area contributed by atoms with E-state index in [-0.39, 0.29) is 5.92 Å². The van der Waals surface area contributed by atoms with Crippen LogP contribution in [0.4, 0.5) is 0 Å². The Morgan fingerprint density at radius 1 is 1.47 bits per heavy atom. The predicted octanol–water partition coefficient (Wildman–Crippen LogP) is 3.31. The molecule has 0 bridgehead atoms. The van der Waals surface area contributed by atoms with E-state index in [0.29, 0.717) is 17.0 Å². The minimum atomic E-state index is -0.788. The molecule has 2 nitrogen and oxygen atoms in total. The summed E-state index contributed by atoms with van der Waals surface area (Å²) in [5.41, 5.74) is 0.638. The summed E-state index contributed by atoms with van der Waals surface area (Å²) in [5.74, 6) is -0.380. The molecule has 0 aliphatic rings. The van der Waals surface area contributed by atoms with Crippen molar-refractivity contribution < 1.29 is 5.11 Å². The second kappa shape index (κ2) is 5.75. The normalized spacial score (nSPS) is 14.3. The first-order valence-electron chi connectivity index (χ1n) is 5.02. The fraction of sp³-hybridized carbons (Fsp3) is 0.417. The first-order valence-corrected chi connectivity index (χ1v) is 5.40. The fourth-order valence-corrected chi connectivity index (χ4v) is 1.78. The van der Waals surface area contributed by atoms with Crippen LogP contribution in [0, 0.1) is 17.2 Å². The average molecular weight is 224 g/mol. The van der Waals surface area contributed by atoms with Crippen molar-refractivity contribution in [1.29, 1.82) is 5.26 Å². The molecule has 0 spiro atoms. The summed E-state index contributed by atoms with van der Waals surface area (Å²) in [5, 5.41) is 19.4. The quantitative estimate of drug-likeness (QED) is 0.851. The fourth-order valence-electron chi connectivity index (χ4n) is 1.54. The van der Waals surface area contributed by atoms with Crippen molar-refractivity contribution in [2.75, 3.05) is 0 Å². The maximum Gasteiger partial charge on any atom is 0.0962 e. The van der Waals surface area contributed by atoms with E-state index in [1.165, 1.54) is 0 Å². The van der Waals surface area contributed by atoms with E-state index in [9.17, 15) is 5.11 Å². The van der Waals surface area contributed by atoms with Crippen LogP contribution >= 0.6 is 11.6 Å². The molecule has 1 N–H and O–H groups in total. The van der Waals surface area contributed by atoms with Gasteiger partial charge in [-0.05, 0) is 12.5 Å². The predicted molar refractivity (Wildman–Crippen MR) is 60.4 cm³/mol. The molecular weight excluding hydrogens is 210 g/mol. The molecule has 0 fully saturated rings. The molecule has 80 valence electrons. The third-order valence-corrected chi connectivity index (χ3v) is 2.71. The number of halogens is 1. The monoisotopic (exact) mass is 223 g/mol. The number of hydrogen-bond acceptors (Lipinski definition) is 2. The molecule has 1 rings (SSSR count). The van der Waals surface area contributed by atoms with Crippen molar-refractivity contribution in [3.63, 3.8) is 0 Å². The van der Waals surface area contributed by atoms with E-state index in [4.69, 9.17) is 16.9 Å². The van der Waals surface area contributed by atoms with Crippen molar-refractivity contribution in [2.45, 2.75) is 25.9 Å². The SMILES string of the molecule is CCCC(C#N)C(O)c1ccccc1Cl. The molecule has 0 amide bonds. The molecule has 15 heavy (non-hydrogen) atoms. The smallest absolute Gasteiger partial charge is 0.0962 e. The highest BCUT2D eigenvalue weighted by atomic mass is 35.5. The lowest BCUT2D eigenvalue weighted by molar-refractivity contribution is 0.130. The third-order valence-electron chi connectivity index (χ3n) is 2.37. The molecule has 0 radical (unpaired) electrons. The van der Waals surface area contributed by atoms with E-state index >= 15 is 0 Å². The first kappa shape index (κ1) is 12.0. The van der Waals surface area contributed by atoms with Crippen molar-refractivity contribution >= 4 is 11.6 Å². The average Bonchev–Trinajstić information content (AvgIpc) is 2.25. The molecule has 2 unspecified atom stereocenters. The lowest BCUT2D eigenvalue weighted by Crippen LogP contribution is -2.11. The van der Waals surface area contributed by atoms with Crippen LogP contribution in [0.1, 0.15) is 31.4 Å². The molecule has 0 aliphatic heterocycles. The van der Waals surface area contributed by atoms with Gasteiger partial charge in [0.15, 0.2) is 0 Å². The topological polar surface area (TPSA) is 44.0 Å². The molecule has 1 aromatic carbocycles. The summed E-state index contributed by atoms with van der Waals surface area (Å²) in [4.78, 5) is 0. The minimum Gasteiger partial charge on any atom is -0.387 e. The van der Waals surface area contributed by atoms with Gasteiger partial charge in [-0.15, -0.1) is 0 Å². The van der Waals surface area contributed by atoms with Crippen LogP contribution in [0.5, 0.6) is 0 Å². The number of rotatable bonds is 4. The molecule has 0 saturated heterocycles. The second-order valence-electron chi connectivity index (χ2n) is 3.49. The van der Waals surface area contributed by atoms with Crippen LogP contribution in [-0.4, -0.2) is 5.11 Å². The largest absolute Gasteiger partial charge is 0.387 e. The molecule has 0 aromatic heterocycles. The van der Waals surface area contributed by atoms with E-state index < -0.39 is 6.10 Å². The maximum atomic E-state index is 9.99. The summed E-state index contributed by atoms with van der Waals surface area (Å²) in [6.07, 6.45) is 0.770. The van der Waals surface area contributed by atoms with Crippen LogP contribution in [0.15, 0.2) is 24.3 Å². The van der Waals surface area contributed by atoms with Crippen LogP contribution in [0.25, 0.3) is 0 Å². The number of nitrogens with zero attached hydrogens (tertiary/aromatic N) is 1. The minimum absolute atomic E-state index is 0.380. The van der Waals surface area contributed by atoms with Crippen LogP contribution < -0.4 is 0 Å². The summed E-state index contributed by atoms with van der Waals surface area (Å²) >= 11 is 5.95. The Balaban J connectivity index is 2.88. The maximum absolute atomic E-state index is 9.99. The van der Waals surface area contributed by atoms with Crippen molar-refractivity contribution in [3.8, 4) is 6.07 Å². The lowest BCUT2D eigenvalue weighted by Gasteiger charge is -2.17. The Bertz CT molecular complexity index is 359. The Morgan fingerprint density at radius 3 is 2.67 bits per heavy atom. The van der Waals surface area contributed by atoms with Gasteiger partial charge in [0.1, 0.15) is 0 Å². The van der Waals surface area contributed by atoms with Gasteiger partial charge >= 0.3 is 0 Å². The Morgan fingerprint density at radius 2 is 2.13 bits per heavy atom. The van der Waals surface area contributed by atoms with Crippen molar-refractivity contribution in [1.82, 2.24) is 0 Å². The van der Waals surface area contributed by atoms with Gasteiger partial charge in [0.05, 0.1) is 18.1 Å². The number of aliphatic hydroxyl groups excluding tert-OH is 1. The van der Waals surface area contributed by atoms with Crippen molar-refractivity contribution in [3.05, 3.63) is 34.9 Å². The van der Waals surface area contributed by atoms with Crippen LogP contribution in [0.2, 0.25) is 5.02 Å². The zero-order valence-electron chi connectivity index (χ0n) is 8.65. The highest BCUT2D eigenvalue weighted by Gasteiger charge is 2.21. The highest BCUT2D eigenvalue weighted by molar-refractivity contribution is 6.31. The van der Waals surface area contributed by atoms with Gasteiger partial charge in [-0.1, -0.05) is 43.1 Å². The van der Waals surface area contributed by atoms with Gasteiger partial charge in [-0.25, -0.2) is 0 Å². The zero-order chi connectivity index (χ0) is 11.3. The number of nitriles is 1. The molecule has 0 heterocycles. The third kappa shape index (κ3) is 2.95. The number of benzene rings is 1. The van der Waals surface area contributed by atoms with Gasteiger partial charge in [0.2, 0.25) is 0 Å². The lowest BCUT2D eigenvalue weighted by atomic mass is 9.93. The summed E-state index contributed by atoms with van der Waals surface area (Å²) in [6, 6.07) is 9.22. The van der Waals surface area contributed by atoms with E-state index in [1.54, 1.807) is 18.2 Å². The van der Waals surface area contributed by atoms with E-state index in [0.717, 1.165) is 6.42 Å². The van der Waals surface area contributed by atoms with Gasteiger partial charge in [-0.3, -0.25) is 0 Å². The summed E-state index contributed by atoms with van der Waals surface area (Å²) in [7, 11) is 0. The molecule has 2 atom stereocenters. The van der Waals surface area contributed by atoms with Crippen molar-refractivity contribution in [2.24, 2.45) is 5.92 Å². The Labute approximate surface area is 95.1 Å². The molecular formula is C12H14ClNO. The first-order chi connectivity index (χ1) is 7.20. The molecule has 0 aliphatic carbocycles. The van der Waals surface area contributed by atoms with Gasteiger partial charge < -0.3 is 5.11 Å². The van der Waals surface area contributed by atoms with Crippen LogP contribution in [-0.2, 0) is 0 Å². The summed E-state index contributed by atoms with van der Waals surface area (Å²) < 4.78 is 0. The second-order valence-corrected chi connectivity index (χ2v) is 3.90. The highest BCUT2D eigenvalue weighted by Crippen LogP contribution is 2.30. The molecule has 0 saturated carbocycles. The van der Waals surface area contributed by atoms with E-state index in [2.05, 4.69) is 6.07 Å². The molecule has 3 heteroatoms. The molecule has 1 aromatic rings. The van der Waals surface area contributed by atoms with Crippen LogP contribution in [0.3, 0.4) is 0 Å². The van der Waals surface area contributed by atoms with Gasteiger partial charge in [-0.2, -0.15) is 5.26 Å². The zero-order valence-corrected chi connectivity index (χ0v) is 9.41. The van der Waals surface area contributed by atoms with Gasteiger partial charge in [0, 0.05) is 10.6 Å². The number of hydrogen-bond donors (Lipinski definition) is 1. The summed E-state index contributed by atoms with van der Waals surface area (Å²) in [6.45, 7) is 1.99. The number of aliphatic hydroxyl groups is 1. The van der Waals surface area contributed by atoms with Gasteiger partial charge in [0.25, 0.3) is 0 Å². The Hall–Kier alpha value is -1.04. The van der Waals surface area contributed by atoms with E-state index in [1.807, 2.05) is 13.0 Å². The Kier molecular flexibility index (Phi) is 4.61. The standard InChI is InChI=1S/C12H14ClNO/c1-2-5-9(8-14)12(15)10-6-3-4-7-11(10)13/h3-4,6-7,9,12,15H,2,5H2,1H3.